The Hall–Kier alpha value is -2.34. The summed E-state index contributed by atoms with van der Waals surface area (Å²) in [6, 6.07) is 12.0. The van der Waals surface area contributed by atoms with E-state index in [0.717, 1.165) is 4.90 Å². The Morgan fingerprint density at radius 2 is 1.59 bits per heavy atom. The van der Waals surface area contributed by atoms with Gasteiger partial charge in [-0.1, -0.05) is 47.5 Å². The Morgan fingerprint density at radius 3 is 2.33 bits per heavy atom. The van der Waals surface area contributed by atoms with Gasteiger partial charge < -0.3 is 9.64 Å². The van der Waals surface area contributed by atoms with Crippen molar-refractivity contribution >= 4 is 46.3 Å². The monoisotopic (exact) mass is 402 g/mol. The molecule has 0 aliphatic carbocycles. The first kappa shape index (κ1) is 18.0. The highest BCUT2D eigenvalue weighted by molar-refractivity contribution is 6.47. The van der Waals surface area contributed by atoms with Crippen LogP contribution in [0.3, 0.4) is 0 Å². The molecule has 0 spiro atoms. The molecule has 0 aromatic heterocycles. The topological polar surface area (TPSA) is 49.9 Å². The van der Waals surface area contributed by atoms with Crippen LogP contribution in [0.1, 0.15) is 15.9 Å². The highest BCUT2D eigenvalue weighted by Gasteiger charge is 2.37. The fraction of sp³-hybridized carbons (Fsp3) is 0.200. The summed E-state index contributed by atoms with van der Waals surface area (Å²) in [5.41, 5.74) is 1.80. The van der Waals surface area contributed by atoms with Crippen LogP contribution in [0.15, 0.2) is 48.7 Å². The molecule has 2 heterocycles. The van der Waals surface area contributed by atoms with E-state index in [-0.39, 0.29) is 15.7 Å². The lowest BCUT2D eigenvalue weighted by Crippen LogP contribution is -2.43. The molecule has 0 radical (unpaired) electrons. The summed E-state index contributed by atoms with van der Waals surface area (Å²) >= 11 is 12.4. The summed E-state index contributed by atoms with van der Waals surface area (Å²) < 4.78 is 5.37. The Labute approximate surface area is 166 Å². The van der Waals surface area contributed by atoms with Crippen LogP contribution in [-0.4, -0.2) is 43.0 Å². The van der Waals surface area contributed by atoms with E-state index in [1.165, 1.54) is 0 Å². The van der Waals surface area contributed by atoms with Crippen LogP contribution in [0.2, 0.25) is 10.0 Å². The second-order valence-electron chi connectivity index (χ2n) is 6.26. The lowest BCUT2D eigenvalue weighted by Gasteiger charge is -2.32. The average molecular weight is 403 g/mol. The normalized spacial score (nSPS) is 18.8. The highest BCUT2D eigenvalue weighted by atomic mass is 35.5. The van der Waals surface area contributed by atoms with E-state index < -0.39 is 11.8 Å². The SMILES string of the molecule is O=C1C(=CN2CCOCC2)c2ccccc2C(=O)N1c1cccc(Cl)c1Cl. The Morgan fingerprint density at radius 1 is 0.889 bits per heavy atom. The van der Waals surface area contributed by atoms with E-state index >= 15 is 0 Å². The van der Waals surface area contributed by atoms with E-state index in [1.54, 1.807) is 36.4 Å². The molecular weight excluding hydrogens is 387 g/mol. The number of carbonyl (C=O) groups excluding carboxylic acids is 2. The zero-order valence-corrected chi connectivity index (χ0v) is 15.8. The fourth-order valence-electron chi connectivity index (χ4n) is 3.25. The molecule has 0 saturated carbocycles. The molecule has 2 aliphatic heterocycles. The van der Waals surface area contributed by atoms with Crippen molar-refractivity contribution in [1.82, 2.24) is 4.90 Å². The number of carbonyl (C=O) groups is 2. The summed E-state index contributed by atoms with van der Waals surface area (Å²) in [5.74, 6) is -0.840. The lowest BCUT2D eigenvalue weighted by atomic mass is 9.93. The number of fused-ring (bicyclic) bond motifs is 1. The molecule has 2 aromatic rings. The molecular formula is C20H16Cl2N2O3. The maximum atomic E-state index is 13.3. The van der Waals surface area contributed by atoms with Crippen molar-refractivity contribution in [2.75, 3.05) is 31.2 Å². The van der Waals surface area contributed by atoms with Gasteiger partial charge >= 0.3 is 0 Å². The van der Waals surface area contributed by atoms with Gasteiger partial charge in [-0.15, -0.1) is 0 Å². The van der Waals surface area contributed by atoms with Gasteiger partial charge in [0.2, 0.25) is 0 Å². The predicted octanol–water partition coefficient (Wildman–Crippen LogP) is 3.85. The van der Waals surface area contributed by atoms with Crippen LogP contribution < -0.4 is 4.90 Å². The van der Waals surface area contributed by atoms with Gasteiger partial charge in [0.05, 0.1) is 34.5 Å². The number of anilines is 1. The second kappa shape index (κ2) is 7.35. The molecule has 0 bridgehead atoms. The number of imide groups is 1. The summed E-state index contributed by atoms with van der Waals surface area (Å²) in [4.78, 5) is 29.5. The van der Waals surface area contributed by atoms with Crippen molar-refractivity contribution in [3.8, 4) is 0 Å². The number of rotatable bonds is 2. The molecule has 2 amide bonds. The Balaban J connectivity index is 1.86. The highest BCUT2D eigenvalue weighted by Crippen LogP contribution is 2.38. The number of nitrogens with zero attached hydrogens (tertiary/aromatic N) is 2. The largest absolute Gasteiger partial charge is 0.378 e. The number of hydrogen-bond donors (Lipinski definition) is 0. The van der Waals surface area contributed by atoms with Gasteiger partial charge in [0, 0.05) is 30.4 Å². The van der Waals surface area contributed by atoms with Crippen LogP contribution in [0.25, 0.3) is 5.57 Å². The fourth-order valence-corrected chi connectivity index (χ4v) is 3.63. The number of morpholine rings is 1. The number of halogens is 2. The molecule has 2 aliphatic rings. The molecule has 5 nitrogen and oxygen atoms in total. The summed E-state index contributed by atoms with van der Waals surface area (Å²) in [6.07, 6.45) is 1.81. The minimum Gasteiger partial charge on any atom is -0.378 e. The molecule has 27 heavy (non-hydrogen) atoms. The standard InChI is InChI=1S/C20H16Cl2N2O3/c21-16-6-3-7-17(18(16)22)24-19(25)14-5-2-1-4-13(14)15(20(24)26)12-23-8-10-27-11-9-23/h1-7,12H,8-11H2. The van der Waals surface area contributed by atoms with Gasteiger partial charge in [0.15, 0.2) is 0 Å². The van der Waals surface area contributed by atoms with Crippen LogP contribution in [0, 0.1) is 0 Å². The quantitative estimate of drug-likeness (QED) is 0.565. The van der Waals surface area contributed by atoms with Crippen molar-refractivity contribution in [1.29, 1.82) is 0 Å². The number of benzene rings is 2. The van der Waals surface area contributed by atoms with Crippen LogP contribution in [0.5, 0.6) is 0 Å². The molecule has 4 rings (SSSR count). The molecule has 7 heteroatoms. The molecule has 0 atom stereocenters. The van der Waals surface area contributed by atoms with Gasteiger partial charge in [-0.2, -0.15) is 0 Å². The number of ether oxygens (including phenoxy) is 1. The van der Waals surface area contributed by atoms with Crippen molar-refractivity contribution in [2.45, 2.75) is 0 Å². The molecule has 0 N–H and O–H groups in total. The van der Waals surface area contributed by atoms with E-state index in [2.05, 4.69) is 0 Å². The van der Waals surface area contributed by atoms with Crippen molar-refractivity contribution in [3.63, 3.8) is 0 Å². The van der Waals surface area contributed by atoms with Gasteiger partial charge in [-0.05, 0) is 18.2 Å². The smallest absolute Gasteiger partial charge is 0.267 e. The summed E-state index contributed by atoms with van der Waals surface area (Å²) in [5, 5.41) is 0.457. The summed E-state index contributed by atoms with van der Waals surface area (Å²) in [7, 11) is 0. The van der Waals surface area contributed by atoms with E-state index in [1.807, 2.05) is 17.2 Å². The zero-order chi connectivity index (χ0) is 19.0. The minimum atomic E-state index is -0.422. The van der Waals surface area contributed by atoms with Crippen LogP contribution in [0.4, 0.5) is 5.69 Å². The first-order valence-corrected chi connectivity index (χ1v) is 9.29. The molecule has 2 aromatic carbocycles. The Bertz CT molecular complexity index is 952. The minimum absolute atomic E-state index is 0.172. The van der Waals surface area contributed by atoms with E-state index in [9.17, 15) is 9.59 Å². The maximum Gasteiger partial charge on any atom is 0.267 e. The maximum absolute atomic E-state index is 13.3. The van der Waals surface area contributed by atoms with E-state index in [4.69, 9.17) is 27.9 Å². The molecule has 1 saturated heterocycles. The van der Waals surface area contributed by atoms with Crippen LogP contribution >= 0.6 is 23.2 Å². The third-order valence-electron chi connectivity index (χ3n) is 4.61. The average Bonchev–Trinajstić information content (AvgIpc) is 2.69. The van der Waals surface area contributed by atoms with Crippen LogP contribution in [-0.2, 0) is 9.53 Å². The van der Waals surface area contributed by atoms with Gasteiger partial charge in [-0.3, -0.25) is 9.59 Å². The zero-order valence-electron chi connectivity index (χ0n) is 14.3. The van der Waals surface area contributed by atoms with Gasteiger partial charge in [0.25, 0.3) is 11.8 Å². The Kier molecular flexibility index (Phi) is 4.91. The molecule has 0 unspecified atom stereocenters. The lowest BCUT2D eigenvalue weighted by molar-refractivity contribution is -0.112. The van der Waals surface area contributed by atoms with E-state index in [0.29, 0.717) is 43.0 Å². The van der Waals surface area contributed by atoms with Crippen molar-refractivity contribution < 1.29 is 14.3 Å². The number of amides is 2. The second-order valence-corrected chi connectivity index (χ2v) is 7.04. The number of hydrogen-bond acceptors (Lipinski definition) is 4. The molecule has 138 valence electrons. The summed E-state index contributed by atoms with van der Waals surface area (Å²) in [6.45, 7) is 2.57. The van der Waals surface area contributed by atoms with Crippen molar-refractivity contribution in [3.05, 3.63) is 69.8 Å². The van der Waals surface area contributed by atoms with Gasteiger partial charge in [-0.25, -0.2) is 4.90 Å². The first-order valence-electron chi connectivity index (χ1n) is 8.54. The van der Waals surface area contributed by atoms with Crippen molar-refractivity contribution in [2.24, 2.45) is 0 Å². The third-order valence-corrected chi connectivity index (χ3v) is 5.42. The third kappa shape index (κ3) is 3.23. The first-order chi connectivity index (χ1) is 13.1. The predicted molar refractivity (Wildman–Crippen MR) is 105 cm³/mol. The molecule has 1 fully saturated rings. The van der Waals surface area contributed by atoms with Gasteiger partial charge in [0.1, 0.15) is 0 Å².